The summed E-state index contributed by atoms with van der Waals surface area (Å²) in [6, 6.07) is 12.6. The van der Waals surface area contributed by atoms with Crippen molar-refractivity contribution in [3.8, 4) is 0 Å². The first-order valence-electron chi connectivity index (χ1n) is 10.1. The third-order valence-corrected chi connectivity index (χ3v) is 6.36. The van der Waals surface area contributed by atoms with E-state index in [9.17, 15) is 14.7 Å². The van der Waals surface area contributed by atoms with E-state index in [1.807, 2.05) is 56.3 Å². The van der Waals surface area contributed by atoms with Crippen LogP contribution in [0.3, 0.4) is 0 Å². The van der Waals surface area contributed by atoms with Crippen molar-refractivity contribution in [3.05, 3.63) is 80.9 Å². The molecule has 0 radical (unpaired) electrons. The lowest BCUT2D eigenvalue weighted by molar-refractivity contribution is -0.132. The van der Waals surface area contributed by atoms with Crippen molar-refractivity contribution in [3.63, 3.8) is 0 Å². The molecule has 1 aliphatic rings. The van der Waals surface area contributed by atoms with Gasteiger partial charge in [0, 0.05) is 5.56 Å². The van der Waals surface area contributed by atoms with E-state index in [2.05, 4.69) is 17.1 Å². The molecule has 1 fully saturated rings. The SMILES string of the molecule is CCc1ccc(C2C(=C(O)c3cc(C)ccc3C)C(=O)C(=O)N2c2nnc(C)s2)cc1. The second-order valence-electron chi connectivity index (χ2n) is 7.69. The number of carbonyl (C=O) groups is 2. The number of aliphatic hydroxyl groups is 1. The molecule has 2 aromatic carbocycles. The van der Waals surface area contributed by atoms with Gasteiger partial charge in [0.15, 0.2) is 0 Å². The van der Waals surface area contributed by atoms with Crippen molar-refractivity contribution in [2.24, 2.45) is 0 Å². The van der Waals surface area contributed by atoms with E-state index in [0.717, 1.165) is 28.7 Å². The van der Waals surface area contributed by atoms with Crippen LogP contribution in [0, 0.1) is 20.8 Å². The van der Waals surface area contributed by atoms with Gasteiger partial charge in [-0.3, -0.25) is 14.5 Å². The largest absolute Gasteiger partial charge is 0.507 e. The highest BCUT2D eigenvalue weighted by Crippen LogP contribution is 2.43. The van der Waals surface area contributed by atoms with Gasteiger partial charge in [-0.05, 0) is 49.9 Å². The molecule has 1 aromatic heterocycles. The van der Waals surface area contributed by atoms with Crippen molar-refractivity contribution in [1.82, 2.24) is 10.2 Å². The molecule has 0 bridgehead atoms. The van der Waals surface area contributed by atoms with Gasteiger partial charge in [0.25, 0.3) is 5.78 Å². The fourth-order valence-corrected chi connectivity index (χ4v) is 4.51. The third-order valence-electron chi connectivity index (χ3n) is 5.52. The molecule has 6 nitrogen and oxygen atoms in total. The molecule has 4 rings (SSSR count). The van der Waals surface area contributed by atoms with E-state index < -0.39 is 17.7 Å². The van der Waals surface area contributed by atoms with Gasteiger partial charge in [-0.1, -0.05) is 60.2 Å². The third kappa shape index (κ3) is 3.65. The van der Waals surface area contributed by atoms with Gasteiger partial charge < -0.3 is 5.11 Å². The van der Waals surface area contributed by atoms with E-state index in [-0.39, 0.29) is 11.3 Å². The number of amides is 1. The molecule has 31 heavy (non-hydrogen) atoms. The van der Waals surface area contributed by atoms with Crippen LogP contribution in [0.25, 0.3) is 5.76 Å². The van der Waals surface area contributed by atoms with E-state index in [1.54, 1.807) is 6.92 Å². The molecule has 1 aliphatic heterocycles. The number of aryl methyl sites for hydroxylation is 4. The Bertz CT molecular complexity index is 1210. The zero-order chi connectivity index (χ0) is 22.3. The zero-order valence-electron chi connectivity index (χ0n) is 17.8. The summed E-state index contributed by atoms with van der Waals surface area (Å²) in [7, 11) is 0. The van der Waals surface area contributed by atoms with E-state index in [4.69, 9.17) is 0 Å². The van der Waals surface area contributed by atoms with Crippen LogP contribution >= 0.6 is 11.3 Å². The van der Waals surface area contributed by atoms with Crippen LogP contribution in [-0.2, 0) is 16.0 Å². The molecule has 1 N–H and O–H groups in total. The molecular weight excluding hydrogens is 410 g/mol. The number of Topliss-reactive ketones (excluding diaryl/α,β-unsaturated/α-hetero) is 1. The van der Waals surface area contributed by atoms with Gasteiger partial charge >= 0.3 is 5.91 Å². The molecule has 7 heteroatoms. The van der Waals surface area contributed by atoms with Crippen molar-refractivity contribution < 1.29 is 14.7 Å². The molecule has 1 unspecified atom stereocenters. The van der Waals surface area contributed by atoms with Crippen LogP contribution in [0.2, 0.25) is 0 Å². The van der Waals surface area contributed by atoms with Gasteiger partial charge in [0.2, 0.25) is 5.13 Å². The van der Waals surface area contributed by atoms with Crippen molar-refractivity contribution in [1.29, 1.82) is 0 Å². The minimum absolute atomic E-state index is 0.0656. The number of ketones is 1. The van der Waals surface area contributed by atoms with E-state index in [1.165, 1.54) is 16.2 Å². The normalized spacial score (nSPS) is 18.1. The Morgan fingerprint density at radius 3 is 2.39 bits per heavy atom. The molecule has 2 heterocycles. The maximum absolute atomic E-state index is 13.2. The van der Waals surface area contributed by atoms with Gasteiger partial charge in [-0.2, -0.15) is 0 Å². The van der Waals surface area contributed by atoms with Crippen molar-refractivity contribution in [2.45, 2.75) is 40.2 Å². The summed E-state index contributed by atoms with van der Waals surface area (Å²) in [4.78, 5) is 27.6. The van der Waals surface area contributed by atoms with Crippen LogP contribution < -0.4 is 4.90 Å². The molecule has 0 aliphatic carbocycles. The Hall–Kier alpha value is -3.32. The first kappa shape index (κ1) is 20.9. The van der Waals surface area contributed by atoms with Gasteiger partial charge in [0.05, 0.1) is 11.6 Å². The summed E-state index contributed by atoms with van der Waals surface area (Å²) < 4.78 is 0. The van der Waals surface area contributed by atoms with Gasteiger partial charge in [-0.25, -0.2) is 0 Å². The van der Waals surface area contributed by atoms with Crippen molar-refractivity contribution >= 4 is 33.9 Å². The Labute approximate surface area is 184 Å². The number of aliphatic hydroxyl groups excluding tert-OH is 1. The number of carbonyl (C=O) groups excluding carboxylic acids is 2. The predicted octanol–water partition coefficient (Wildman–Crippen LogP) is 4.65. The number of nitrogens with zero attached hydrogens (tertiary/aromatic N) is 3. The first-order valence-corrected chi connectivity index (χ1v) is 10.9. The fourth-order valence-electron chi connectivity index (χ4n) is 3.80. The molecular formula is C24H23N3O3S. The fraction of sp³-hybridized carbons (Fsp3) is 0.250. The number of hydrogen-bond acceptors (Lipinski definition) is 6. The van der Waals surface area contributed by atoms with Gasteiger partial charge in [-0.15, -0.1) is 10.2 Å². The van der Waals surface area contributed by atoms with Crippen LogP contribution in [0.1, 0.15) is 45.8 Å². The highest BCUT2D eigenvalue weighted by molar-refractivity contribution is 7.15. The summed E-state index contributed by atoms with van der Waals surface area (Å²) >= 11 is 1.24. The predicted molar refractivity (Wildman–Crippen MR) is 121 cm³/mol. The molecule has 3 aromatic rings. The average Bonchev–Trinajstić information content (AvgIpc) is 3.30. The highest BCUT2D eigenvalue weighted by atomic mass is 32.1. The molecule has 158 valence electrons. The Kier molecular flexibility index (Phi) is 5.45. The Balaban J connectivity index is 1.96. The molecule has 1 saturated heterocycles. The number of rotatable bonds is 4. The summed E-state index contributed by atoms with van der Waals surface area (Å²) in [5.74, 6) is -1.61. The molecule has 0 spiro atoms. The van der Waals surface area contributed by atoms with Crippen LogP contribution in [-0.4, -0.2) is 27.0 Å². The first-order chi connectivity index (χ1) is 14.8. The van der Waals surface area contributed by atoms with Crippen LogP contribution in [0.15, 0.2) is 48.0 Å². The van der Waals surface area contributed by atoms with E-state index >= 15 is 0 Å². The second kappa shape index (κ2) is 8.07. The summed E-state index contributed by atoms with van der Waals surface area (Å²) in [5, 5.41) is 20.4. The lowest BCUT2D eigenvalue weighted by atomic mass is 9.93. The molecule has 1 amide bonds. The number of aromatic nitrogens is 2. The van der Waals surface area contributed by atoms with Crippen molar-refractivity contribution in [2.75, 3.05) is 4.90 Å². The summed E-state index contributed by atoms with van der Waals surface area (Å²) in [6.07, 6.45) is 0.874. The number of anilines is 1. The average molecular weight is 434 g/mol. The highest BCUT2D eigenvalue weighted by Gasteiger charge is 2.48. The maximum Gasteiger partial charge on any atom is 0.301 e. The monoisotopic (exact) mass is 433 g/mol. The van der Waals surface area contributed by atoms with Crippen LogP contribution in [0.4, 0.5) is 5.13 Å². The number of hydrogen-bond donors (Lipinski definition) is 1. The summed E-state index contributed by atoms with van der Waals surface area (Å²) in [5.41, 5.74) is 4.25. The Morgan fingerprint density at radius 1 is 1.06 bits per heavy atom. The molecule has 0 saturated carbocycles. The minimum atomic E-state index is -0.779. The maximum atomic E-state index is 13.2. The topological polar surface area (TPSA) is 83.4 Å². The lowest BCUT2D eigenvalue weighted by Gasteiger charge is -2.23. The smallest absolute Gasteiger partial charge is 0.301 e. The Morgan fingerprint density at radius 2 is 1.77 bits per heavy atom. The summed E-state index contributed by atoms with van der Waals surface area (Å²) in [6.45, 7) is 7.63. The van der Waals surface area contributed by atoms with Crippen LogP contribution in [0.5, 0.6) is 0 Å². The quantitative estimate of drug-likeness (QED) is 0.368. The van der Waals surface area contributed by atoms with E-state index in [0.29, 0.717) is 15.7 Å². The zero-order valence-corrected chi connectivity index (χ0v) is 18.7. The molecule has 1 atom stereocenters. The standard InChI is InChI=1S/C24H23N3O3S/c1-5-16-8-10-17(11-9-16)20-19(21(28)18-12-13(2)6-7-14(18)3)22(29)23(30)27(20)24-26-25-15(4)31-24/h6-12,20,28H,5H2,1-4H3. The van der Waals surface area contributed by atoms with Gasteiger partial charge in [0.1, 0.15) is 10.8 Å². The lowest BCUT2D eigenvalue weighted by Crippen LogP contribution is -2.29. The second-order valence-corrected chi connectivity index (χ2v) is 8.85. The minimum Gasteiger partial charge on any atom is -0.507 e. The number of benzene rings is 2.